The molecule has 140 valence electrons. The van der Waals surface area contributed by atoms with Crippen molar-refractivity contribution in [2.45, 2.75) is 6.92 Å². The molecule has 4 aromatic rings. The third-order valence-corrected chi connectivity index (χ3v) is 4.79. The summed E-state index contributed by atoms with van der Waals surface area (Å²) in [5.41, 5.74) is 2.93. The van der Waals surface area contributed by atoms with Gasteiger partial charge in [-0.15, -0.1) is 11.3 Å². The molecule has 0 bridgehead atoms. The fraction of sp³-hybridized carbons (Fsp3) is 0.0500. The summed E-state index contributed by atoms with van der Waals surface area (Å²) in [7, 11) is 0. The van der Waals surface area contributed by atoms with Gasteiger partial charge in [-0.3, -0.25) is 4.79 Å². The van der Waals surface area contributed by atoms with Gasteiger partial charge in [0.05, 0.1) is 17.6 Å². The average molecular weight is 394 g/mol. The second kappa shape index (κ2) is 7.61. The van der Waals surface area contributed by atoms with Crippen LogP contribution in [-0.4, -0.2) is 16.0 Å². The Balaban J connectivity index is 1.52. The lowest BCUT2D eigenvalue weighted by Crippen LogP contribution is -2.12. The van der Waals surface area contributed by atoms with Gasteiger partial charge in [0.2, 0.25) is 0 Å². The number of rotatable bonds is 5. The highest BCUT2D eigenvalue weighted by molar-refractivity contribution is 7.14. The van der Waals surface area contributed by atoms with E-state index in [1.165, 1.54) is 23.6 Å². The number of carbonyl (C=O) groups is 1. The van der Waals surface area contributed by atoms with Crippen LogP contribution in [0.2, 0.25) is 0 Å². The van der Waals surface area contributed by atoms with Crippen LogP contribution in [0.3, 0.4) is 0 Å². The highest BCUT2D eigenvalue weighted by atomic mass is 32.1. The van der Waals surface area contributed by atoms with E-state index in [2.05, 4.69) is 20.8 Å². The summed E-state index contributed by atoms with van der Waals surface area (Å²) >= 11 is 1.37. The van der Waals surface area contributed by atoms with Crippen LogP contribution in [0, 0.1) is 12.7 Å². The SMILES string of the molecule is Cc1oncc1C(=O)Nc1cccc(-c2csc(Nc3ccccc3F)n2)c1. The number of benzene rings is 2. The van der Waals surface area contributed by atoms with Gasteiger partial charge in [0.1, 0.15) is 17.1 Å². The lowest BCUT2D eigenvalue weighted by atomic mass is 10.1. The maximum atomic E-state index is 13.8. The molecule has 0 spiro atoms. The van der Waals surface area contributed by atoms with E-state index >= 15 is 0 Å². The smallest absolute Gasteiger partial charge is 0.260 e. The summed E-state index contributed by atoms with van der Waals surface area (Å²) in [6, 6.07) is 13.8. The first-order chi connectivity index (χ1) is 13.6. The zero-order chi connectivity index (χ0) is 19.5. The molecule has 4 rings (SSSR count). The van der Waals surface area contributed by atoms with E-state index in [-0.39, 0.29) is 11.7 Å². The van der Waals surface area contributed by atoms with Crippen LogP contribution in [0.15, 0.2) is 64.6 Å². The number of thiazole rings is 1. The molecule has 0 fully saturated rings. The maximum absolute atomic E-state index is 13.8. The Labute approximate surface area is 164 Å². The van der Waals surface area contributed by atoms with Crippen molar-refractivity contribution in [2.24, 2.45) is 0 Å². The van der Waals surface area contributed by atoms with Crippen molar-refractivity contribution in [3.05, 3.63) is 77.2 Å². The number of hydrogen-bond acceptors (Lipinski definition) is 6. The molecule has 0 aliphatic carbocycles. The van der Waals surface area contributed by atoms with Crippen molar-refractivity contribution in [3.8, 4) is 11.3 Å². The number of halogens is 1. The number of nitrogens with zero attached hydrogens (tertiary/aromatic N) is 2. The van der Waals surface area contributed by atoms with Crippen molar-refractivity contribution >= 4 is 33.8 Å². The first-order valence-electron chi connectivity index (χ1n) is 8.40. The van der Waals surface area contributed by atoms with Crippen molar-refractivity contribution in [1.82, 2.24) is 10.1 Å². The lowest BCUT2D eigenvalue weighted by molar-refractivity contribution is 0.102. The molecule has 2 heterocycles. The van der Waals surface area contributed by atoms with Gasteiger partial charge >= 0.3 is 0 Å². The van der Waals surface area contributed by atoms with Gasteiger partial charge in [0.15, 0.2) is 5.13 Å². The fourth-order valence-electron chi connectivity index (χ4n) is 2.61. The standard InChI is InChI=1S/C20H15FN4O2S/c1-12-15(10-22-27-12)19(26)23-14-6-4-5-13(9-14)18-11-28-20(25-18)24-17-8-3-2-7-16(17)21/h2-11H,1H3,(H,23,26)(H,24,25). The fourth-order valence-corrected chi connectivity index (χ4v) is 3.34. The van der Waals surface area contributed by atoms with E-state index in [0.29, 0.717) is 27.8 Å². The Morgan fingerprint density at radius 2 is 2.04 bits per heavy atom. The van der Waals surface area contributed by atoms with E-state index in [1.54, 1.807) is 31.2 Å². The summed E-state index contributed by atoms with van der Waals surface area (Å²) in [5.74, 6) is -0.180. The second-order valence-electron chi connectivity index (χ2n) is 5.97. The first kappa shape index (κ1) is 17.9. The Hall–Kier alpha value is -3.52. The lowest BCUT2D eigenvalue weighted by Gasteiger charge is -2.06. The highest BCUT2D eigenvalue weighted by Gasteiger charge is 2.14. The molecule has 0 atom stereocenters. The second-order valence-corrected chi connectivity index (χ2v) is 6.83. The van der Waals surface area contributed by atoms with E-state index < -0.39 is 0 Å². The van der Waals surface area contributed by atoms with Crippen molar-refractivity contribution in [2.75, 3.05) is 10.6 Å². The number of aryl methyl sites for hydroxylation is 1. The molecule has 2 aromatic heterocycles. The number of nitrogens with one attached hydrogen (secondary N) is 2. The van der Waals surface area contributed by atoms with E-state index in [9.17, 15) is 9.18 Å². The molecular formula is C20H15FN4O2S. The summed E-state index contributed by atoms with van der Waals surface area (Å²) in [4.78, 5) is 16.8. The number of aromatic nitrogens is 2. The van der Waals surface area contributed by atoms with Crippen LogP contribution in [-0.2, 0) is 0 Å². The van der Waals surface area contributed by atoms with Gasteiger partial charge in [-0.2, -0.15) is 0 Å². The summed E-state index contributed by atoms with van der Waals surface area (Å²) in [6.07, 6.45) is 1.38. The predicted octanol–water partition coefficient (Wildman–Crippen LogP) is 5.24. The van der Waals surface area contributed by atoms with Crippen LogP contribution in [0.5, 0.6) is 0 Å². The highest BCUT2D eigenvalue weighted by Crippen LogP contribution is 2.29. The van der Waals surface area contributed by atoms with Crippen molar-refractivity contribution < 1.29 is 13.7 Å². The molecule has 0 aliphatic rings. The molecule has 0 aliphatic heterocycles. The first-order valence-corrected chi connectivity index (χ1v) is 9.28. The number of amides is 1. The summed E-state index contributed by atoms with van der Waals surface area (Å²) < 4.78 is 18.7. The Morgan fingerprint density at radius 1 is 1.18 bits per heavy atom. The van der Waals surface area contributed by atoms with Gasteiger partial charge in [-0.05, 0) is 31.2 Å². The number of anilines is 3. The molecule has 1 amide bonds. The Morgan fingerprint density at radius 3 is 2.82 bits per heavy atom. The minimum Gasteiger partial charge on any atom is -0.361 e. The summed E-state index contributed by atoms with van der Waals surface area (Å²) in [6.45, 7) is 1.68. The number of carbonyl (C=O) groups excluding carboxylic acids is 1. The molecule has 2 aromatic carbocycles. The van der Waals surface area contributed by atoms with E-state index in [4.69, 9.17) is 4.52 Å². The van der Waals surface area contributed by atoms with Gasteiger partial charge in [-0.25, -0.2) is 9.37 Å². The normalized spacial score (nSPS) is 10.6. The molecule has 0 unspecified atom stereocenters. The molecule has 6 nitrogen and oxygen atoms in total. The Bertz CT molecular complexity index is 1140. The molecule has 0 saturated carbocycles. The molecule has 2 N–H and O–H groups in total. The van der Waals surface area contributed by atoms with Gasteiger partial charge in [0.25, 0.3) is 5.91 Å². The van der Waals surface area contributed by atoms with Crippen LogP contribution < -0.4 is 10.6 Å². The summed E-state index contributed by atoms with van der Waals surface area (Å²) in [5, 5.41) is 11.9. The molecule has 8 heteroatoms. The average Bonchev–Trinajstić information content (AvgIpc) is 3.33. The maximum Gasteiger partial charge on any atom is 0.260 e. The van der Waals surface area contributed by atoms with Gasteiger partial charge < -0.3 is 15.2 Å². The van der Waals surface area contributed by atoms with E-state index in [1.807, 2.05) is 23.6 Å². The van der Waals surface area contributed by atoms with Gasteiger partial charge in [0, 0.05) is 16.6 Å². The zero-order valence-electron chi connectivity index (χ0n) is 14.8. The number of hydrogen-bond donors (Lipinski definition) is 2. The third-order valence-electron chi connectivity index (χ3n) is 4.03. The van der Waals surface area contributed by atoms with Crippen LogP contribution in [0.1, 0.15) is 16.1 Å². The largest absolute Gasteiger partial charge is 0.361 e. The van der Waals surface area contributed by atoms with Gasteiger partial charge in [-0.1, -0.05) is 29.4 Å². The zero-order valence-corrected chi connectivity index (χ0v) is 15.6. The quantitative estimate of drug-likeness (QED) is 0.484. The van der Waals surface area contributed by atoms with Crippen LogP contribution in [0.25, 0.3) is 11.3 Å². The molecule has 0 saturated heterocycles. The van der Waals surface area contributed by atoms with E-state index in [0.717, 1.165) is 11.3 Å². The van der Waals surface area contributed by atoms with Crippen LogP contribution >= 0.6 is 11.3 Å². The monoisotopic (exact) mass is 394 g/mol. The number of para-hydroxylation sites is 1. The third kappa shape index (κ3) is 3.77. The molecule has 28 heavy (non-hydrogen) atoms. The van der Waals surface area contributed by atoms with Crippen LogP contribution in [0.4, 0.5) is 20.9 Å². The topological polar surface area (TPSA) is 80.0 Å². The van der Waals surface area contributed by atoms with Crippen molar-refractivity contribution in [1.29, 1.82) is 0 Å². The van der Waals surface area contributed by atoms with Crippen molar-refractivity contribution in [3.63, 3.8) is 0 Å². The minimum absolute atomic E-state index is 0.295. The molecule has 0 radical (unpaired) electrons. The predicted molar refractivity (Wildman–Crippen MR) is 106 cm³/mol. The Kier molecular flexibility index (Phi) is 4.86. The minimum atomic E-state index is -0.340. The molecular weight excluding hydrogens is 379 g/mol.